The number of likely N-dealkylation sites (tertiary alicyclic amines) is 1. The van der Waals surface area contributed by atoms with Crippen LogP contribution < -0.4 is 5.56 Å². The molecule has 1 fully saturated rings. The van der Waals surface area contributed by atoms with Crippen molar-refractivity contribution >= 4 is 11.6 Å². The molecule has 0 spiro atoms. The molecule has 3 nitrogen and oxygen atoms in total. The van der Waals surface area contributed by atoms with Crippen LogP contribution in [0, 0.1) is 5.92 Å². The van der Waals surface area contributed by atoms with Gasteiger partial charge in [0.15, 0.2) is 0 Å². The summed E-state index contributed by atoms with van der Waals surface area (Å²) in [5.74, 6) is 0.920. The lowest BCUT2D eigenvalue weighted by molar-refractivity contribution is 0.114. The molecule has 0 aliphatic carbocycles. The third-order valence-corrected chi connectivity index (χ3v) is 5.18. The van der Waals surface area contributed by atoms with E-state index in [-0.39, 0.29) is 5.56 Å². The molecular formula is C18H19ClN2O. The molecule has 0 N–H and O–H groups in total. The zero-order valence-electron chi connectivity index (χ0n) is 12.4. The third kappa shape index (κ3) is 2.49. The van der Waals surface area contributed by atoms with Crippen LogP contribution in [0.25, 0.3) is 0 Å². The summed E-state index contributed by atoms with van der Waals surface area (Å²) in [6.45, 7) is 3.82. The highest BCUT2D eigenvalue weighted by molar-refractivity contribution is 6.31. The lowest BCUT2D eigenvalue weighted by atomic mass is 9.83. The van der Waals surface area contributed by atoms with E-state index in [2.05, 4.69) is 35.2 Å². The monoisotopic (exact) mass is 314 g/mol. The first kappa shape index (κ1) is 14.0. The second-order valence-corrected chi connectivity index (χ2v) is 6.90. The summed E-state index contributed by atoms with van der Waals surface area (Å²) in [5.41, 5.74) is 2.48. The van der Waals surface area contributed by atoms with E-state index in [0.29, 0.717) is 11.8 Å². The average molecular weight is 315 g/mol. The highest BCUT2D eigenvalue weighted by Crippen LogP contribution is 2.38. The van der Waals surface area contributed by atoms with E-state index < -0.39 is 0 Å². The minimum atomic E-state index is 0.0885. The maximum atomic E-state index is 12.1. The Kier molecular flexibility index (Phi) is 3.55. The summed E-state index contributed by atoms with van der Waals surface area (Å²) in [4.78, 5) is 14.6. The topological polar surface area (TPSA) is 25.2 Å². The highest BCUT2D eigenvalue weighted by atomic mass is 35.5. The first-order valence-corrected chi connectivity index (χ1v) is 8.24. The molecule has 2 aromatic rings. The van der Waals surface area contributed by atoms with Crippen LogP contribution in [0.1, 0.15) is 23.6 Å². The Labute approximate surface area is 135 Å². The maximum absolute atomic E-state index is 12.1. The predicted molar refractivity (Wildman–Crippen MR) is 88.3 cm³/mol. The Morgan fingerprint density at radius 1 is 1.05 bits per heavy atom. The molecule has 0 saturated carbocycles. The van der Waals surface area contributed by atoms with Gasteiger partial charge in [-0.3, -0.25) is 9.69 Å². The molecule has 22 heavy (non-hydrogen) atoms. The fourth-order valence-electron chi connectivity index (χ4n) is 4.03. The number of aromatic nitrogens is 1. The molecule has 2 aliphatic rings. The smallest absolute Gasteiger partial charge is 0.250 e. The Balaban J connectivity index is 1.62. The van der Waals surface area contributed by atoms with Gasteiger partial charge in [-0.1, -0.05) is 41.9 Å². The number of benzene rings is 1. The number of fused-ring (bicyclic) bond motifs is 4. The molecule has 2 bridgehead atoms. The van der Waals surface area contributed by atoms with Crippen molar-refractivity contribution < 1.29 is 0 Å². The van der Waals surface area contributed by atoms with Gasteiger partial charge in [0.2, 0.25) is 0 Å². The summed E-state index contributed by atoms with van der Waals surface area (Å²) in [6, 6.07) is 13.9. The largest absolute Gasteiger partial charge is 0.310 e. The van der Waals surface area contributed by atoms with Gasteiger partial charge in [-0.15, -0.1) is 0 Å². The minimum absolute atomic E-state index is 0.0885. The SMILES string of the molecule is O=c1ccc(Cl)c2n1CC1CC2CN(Cc2ccccc2)C1. The van der Waals surface area contributed by atoms with E-state index in [4.69, 9.17) is 11.6 Å². The quantitative estimate of drug-likeness (QED) is 0.851. The van der Waals surface area contributed by atoms with Crippen LogP contribution in [0.15, 0.2) is 47.3 Å². The molecule has 1 saturated heterocycles. The van der Waals surface area contributed by atoms with Crippen molar-refractivity contribution in [1.29, 1.82) is 0 Å². The van der Waals surface area contributed by atoms with Crippen LogP contribution in [0.5, 0.6) is 0 Å². The number of halogens is 1. The van der Waals surface area contributed by atoms with Gasteiger partial charge in [-0.05, 0) is 24.0 Å². The van der Waals surface area contributed by atoms with Gasteiger partial charge < -0.3 is 4.57 Å². The van der Waals surface area contributed by atoms with Crippen LogP contribution in [0.2, 0.25) is 5.02 Å². The standard InChI is InChI=1S/C18H19ClN2O/c19-16-6-7-17(22)21-11-14-8-15(18(16)21)12-20(10-14)9-13-4-2-1-3-5-13/h1-7,14-15H,8-12H2. The van der Waals surface area contributed by atoms with Crippen molar-refractivity contribution in [3.63, 3.8) is 0 Å². The fraction of sp³-hybridized carbons (Fsp3) is 0.389. The fourth-order valence-corrected chi connectivity index (χ4v) is 4.35. The number of hydrogen-bond donors (Lipinski definition) is 0. The number of nitrogens with zero attached hydrogens (tertiary/aromatic N) is 2. The molecule has 4 rings (SSSR count). The zero-order chi connectivity index (χ0) is 15.1. The minimum Gasteiger partial charge on any atom is -0.310 e. The molecule has 0 radical (unpaired) electrons. The Hall–Kier alpha value is -1.58. The lowest BCUT2D eigenvalue weighted by Gasteiger charge is -2.43. The number of rotatable bonds is 2. The molecule has 2 aliphatic heterocycles. The Morgan fingerprint density at radius 2 is 1.86 bits per heavy atom. The molecule has 2 unspecified atom stereocenters. The number of hydrogen-bond acceptors (Lipinski definition) is 2. The van der Waals surface area contributed by atoms with Gasteiger partial charge in [-0.25, -0.2) is 0 Å². The van der Waals surface area contributed by atoms with Crippen molar-refractivity contribution in [3.8, 4) is 0 Å². The maximum Gasteiger partial charge on any atom is 0.250 e. The van der Waals surface area contributed by atoms with Gasteiger partial charge >= 0.3 is 0 Å². The average Bonchev–Trinajstić information content (AvgIpc) is 2.51. The van der Waals surface area contributed by atoms with E-state index in [1.165, 1.54) is 5.56 Å². The summed E-state index contributed by atoms with van der Waals surface area (Å²) in [7, 11) is 0. The summed E-state index contributed by atoms with van der Waals surface area (Å²) in [6.07, 6.45) is 1.15. The Bertz CT molecular complexity index is 740. The molecule has 3 heterocycles. The van der Waals surface area contributed by atoms with Crippen LogP contribution >= 0.6 is 11.6 Å². The van der Waals surface area contributed by atoms with Gasteiger partial charge in [0.1, 0.15) is 0 Å². The molecule has 1 aromatic heterocycles. The van der Waals surface area contributed by atoms with E-state index >= 15 is 0 Å². The Morgan fingerprint density at radius 3 is 2.68 bits per heavy atom. The second kappa shape index (κ2) is 5.56. The van der Waals surface area contributed by atoms with Gasteiger partial charge in [0, 0.05) is 43.9 Å². The molecule has 4 heteroatoms. The van der Waals surface area contributed by atoms with Gasteiger partial charge in [0.05, 0.1) is 5.02 Å². The van der Waals surface area contributed by atoms with Gasteiger partial charge in [-0.2, -0.15) is 0 Å². The predicted octanol–water partition coefficient (Wildman–Crippen LogP) is 3.12. The second-order valence-electron chi connectivity index (χ2n) is 6.49. The van der Waals surface area contributed by atoms with Crippen LogP contribution in [-0.4, -0.2) is 22.6 Å². The number of pyridine rings is 1. The lowest BCUT2D eigenvalue weighted by Crippen LogP contribution is -2.46. The molecule has 1 aromatic carbocycles. The van der Waals surface area contributed by atoms with E-state index in [9.17, 15) is 4.79 Å². The molecular weight excluding hydrogens is 296 g/mol. The van der Waals surface area contributed by atoms with Crippen molar-refractivity contribution in [2.45, 2.75) is 25.4 Å². The summed E-state index contributed by atoms with van der Waals surface area (Å²) >= 11 is 6.39. The van der Waals surface area contributed by atoms with Crippen LogP contribution in [0.4, 0.5) is 0 Å². The zero-order valence-corrected chi connectivity index (χ0v) is 13.2. The third-order valence-electron chi connectivity index (χ3n) is 4.86. The van der Waals surface area contributed by atoms with Crippen LogP contribution in [0.3, 0.4) is 0 Å². The highest BCUT2D eigenvalue weighted by Gasteiger charge is 2.35. The van der Waals surface area contributed by atoms with Crippen molar-refractivity contribution in [1.82, 2.24) is 9.47 Å². The normalized spacial score (nSPS) is 24.0. The number of piperidine rings is 1. The van der Waals surface area contributed by atoms with Crippen molar-refractivity contribution in [2.75, 3.05) is 13.1 Å². The first-order chi connectivity index (χ1) is 10.7. The van der Waals surface area contributed by atoms with E-state index in [1.54, 1.807) is 12.1 Å². The van der Waals surface area contributed by atoms with Crippen molar-refractivity contribution in [2.24, 2.45) is 5.92 Å². The van der Waals surface area contributed by atoms with Crippen molar-refractivity contribution in [3.05, 3.63) is 69.1 Å². The molecule has 0 amide bonds. The van der Waals surface area contributed by atoms with E-state index in [0.717, 1.165) is 43.3 Å². The summed E-state index contributed by atoms with van der Waals surface area (Å²) in [5, 5.41) is 0.740. The van der Waals surface area contributed by atoms with Gasteiger partial charge in [0.25, 0.3) is 5.56 Å². The van der Waals surface area contributed by atoms with Crippen LogP contribution in [-0.2, 0) is 13.1 Å². The molecule has 114 valence electrons. The molecule has 2 atom stereocenters. The first-order valence-electron chi connectivity index (χ1n) is 7.86. The summed E-state index contributed by atoms with van der Waals surface area (Å²) < 4.78 is 1.90. The van der Waals surface area contributed by atoms with E-state index in [1.807, 2.05) is 4.57 Å².